The van der Waals surface area contributed by atoms with Crippen LogP contribution in [0.4, 0.5) is 5.69 Å². The minimum absolute atomic E-state index is 0.255. The van der Waals surface area contributed by atoms with E-state index in [1.165, 1.54) is 7.11 Å². The van der Waals surface area contributed by atoms with Gasteiger partial charge in [-0.25, -0.2) is 0 Å². The van der Waals surface area contributed by atoms with Gasteiger partial charge in [0.1, 0.15) is 5.76 Å². The smallest absolute Gasteiger partial charge is 0.255 e. The second-order valence-electron chi connectivity index (χ2n) is 4.41. The van der Waals surface area contributed by atoms with Crippen molar-refractivity contribution in [3.8, 4) is 5.75 Å². The first-order valence-electron chi connectivity index (χ1n) is 6.17. The molecule has 0 atom stereocenters. The number of hydrogen-bond donors (Lipinski definition) is 2. The van der Waals surface area contributed by atoms with Crippen LogP contribution in [0.15, 0.2) is 22.7 Å². The summed E-state index contributed by atoms with van der Waals surface area (Å²) in [5.41, 5.74) is 8.25. The number of nitrogens with zero attached hydrogens (tertiary/aromatic N) is 1. The molecule has 0 spiro atoms. The summed E-state index contributed by atoms with van der Waals surface area (Å²) in [5.74, 6) is 0.820. The van der Waals surface area contributed by atoms with E-state index in [4.69, 9.17) is 15.0 Å². The predicted molar refractivity (Wildman–Crippen MR) is 74.6 cm³/mol. The molecule has 0 saturated heterocycles. The number of carbonyl (C=O) groups is 1. The molecule has 3 N–H and O–H groups in total. The summed E-state index contributed by atoms with van der Waals surface area (Å²) in [4.78, 5) is 12.2. The maximum absolute atomic E-state index is 12.2. The van der Waals surface area contributed by atoms with Gasteiger partial charge < -0.3 is 20.3 Å². The number of nitrogen functional groups attached to an aromatic ring is 1. The Morgan fingerprint density at radius 1 is 1.45 bits per heavy atom. The van der Waals surface area contributed by atoms with Gasteiger partial charge in [-0.05, 0) is 26.0 Å². The Hall–Kier alpha value is -2.50. The van der Waals surface area contributed by atoms with E-state index in [1.54, 1.807) is 18.2 Å². The van der Waals surface area contributed by atoms with Gasteiger partial charge in [0.2, 0.25) is 0 Å². The number of rotatable bonds is 4. The monoisotopic (exact) mass is 275 g/mol. The number of ether oxygens (including phenoxy) is 1. The van der Waals surface area contributed by atoms with E-state index in [0.717, 1.165) is 11.3 Å². The van der Waals surface area contributed by atoms with Crippen LogP contribution < -0.4 is 15.8 Å². The summed E-state index contributed by atoms with van der Waals surface area (Å²) in [7, 11) is 1.48. The average Bonchev–Trinajstić information content (AvgIpc) is 2.75. The van der Waals surface area contributed by atoms with Crippen LogP contribution in [0.5, 0.6) is 5.75 Å². The van der Waals surface area contributed by atoms with E-state index in [2.05, 4.69) is 10.5 Å². The van der Waals surface area contributed by atoms with Gasteiger partial charge in [-0.2, -0.15) is 0 Å². The van der Waals surface area contributed by atoms with Gasteiger partial charge in [-0.1, -0.05) is 11.2 Å². The highest BCUT2D eigenvalue weighted by Gasteiger charge is 2.16. The molecule has 0 aliphatic heterocycles. The molecule has 0 unspecified atom stereocenters. The molecule has 0 radical (unpaired) electrons. The zero-order valence-corrected chi connectivity index (χ0v) is 11.7. The standard InChI is InChI=1S/C14H17N3O3/c1-8-11(9(2)20-17-8)7-16-14(18)10-5-4-6-12(15)13(10)19-3/h4-6H,7,15H2,1-3H3,(H,16,18). The van der Waals surface area contributed by atoms with Crippen LogP contribution in [-0.4, -0.2) is 18.2 Å². The first-order valence-corrected chi connectivity index (χ1v) is 6.17. The number of amides is 1. The molecule has 1 amide bonds. The van der Waals surface area contributed by atoms with Gasteiger partial charge in [-0.3, -0.25) is 4.79 Å². The third-order valence-corrected chi connectivity index (χ3v) is 3.10. The lowest BCUT2D eigenvalue weighted by atomic mass is 10.1. The van der Waals surface area contributed by atoms with Crippen molar-refractivity contribution in [1.29, 1.82) is 0 Å². The normalized spacial score (nSPS) is 10.3. The van der Waals surface area contributed by atoms with E-state index in [1.807, 2.05) is 13.8 Å². The first-order chi connectivity index (χ1) is 9.54. The summed E-state index contributed by atoms with van der Waals surface area (Å²) in [6.07, 6.45) is 0. The number of carbonyl (C=O) groups excluding carboxylic acids is 1. The van der Waals surface area contributed by atoms with Crippen molar-refractivity contribution in [1.82, 2.24) is 10.5 Å². The topological polar surface area (TPSA) is 90.4 Å². The van der Waals surface area contributed by atoms with Crippen molar-refractivity contribution in [2.24, 2.45) is 0 Å². The molecule has 0 aliphatic carbocycles. The summed E-state index contributed by atoms with van der Waals surface area (Å²) < 4.78 is 10.2. The van der Waals surface area contributed by atoms with E-state index in [-0.39, 0.29) is 5.91 Å². The van der Waals surface area contributed by atoms with Crippen molar-refractivity contribution >= 4 is 11.6 Å². The molecule has 106 valence electrons. The van der Waals surface area contributed by atoms with Gasteiger partial charge in [0.25, 0.3) is 5.91 Å². The number of methoxy groups -OCH3 is 1. The van der Waals surface area contributed by atoms with Crippen LogP contribution in [0.25, 0.3) is 0 Å². The lowest BCUT2D eigenvalue weighted by Crippen LogP contribution is -2.24. The van der Waals surface area contributed by atoms with Crippen LogP contribution in [0.3, 0.4) is 0 Å². The van der Waals surface area contributed by atoms with Crippen LogP contribution in [0.1, 0.15) is 27.4 Å². The molecule has 0 bridgehead atoms. The number of aryl methyl sites for hydroxylation is 2. The minimum Gasteiger partial charge on any atom is -0.494 e. The maximum atomic E-state index is 12.2. The highest BCUT2D eigenvalue weighted by atomic mass is 16.5. The molecule has 1 heterocycles. The lowest BCUT2D eigenvalue weighted by molar-refractivity contribution is 0.0948. The van der Waals surface area contributed by atoms with Crippen molar-refractivity contribution < 1.29 is 14.1 Å². The minimum atomic E-state index is -0.255. The Balaban J connectivity index is 2.15. The van der Waals surface area contributed by atoms with Gasteiger partial charge in [-0.15, -0.1) is 0 Å². The summed E-state index contributed by atoms with van der Waals surface area (Å²) in [6.45, 7) is 3.99. The Bertz CT molecular complexity index is 615. The summed E-state index contributed by atoms with van der Waals surface area (Å²) in [5, 5.41) is 6.65. The number of nitrogens with two attached hydrogens (primary N) is 1. The zero-order chi connectivity index (χ0) is 14.7. The fourth-order valence-corrected chi connectivity index (χ4v) is 1.98. The van der Waals surface area contributed by atoms with Crippen molar-refractivity contribution in [3.63, 3.8) is 0 Å². The molecular weight excluding hydrogens is 258 g/mol. The number of nitrogens with one attached hydrogen (secondary N) is 1. The molecule has 1 aromatic heterocycles. The second kappa shape index (κ2) is 5.64. The molecule has 2 aromatic rings. The van der Waals surface area contributed by atoms with Crippen LogP contribution in [-0.2, 0) is 6.54 Å². The lowest BCUT2D eigenvalue weighted by Gasteiger charge is -2.11. The molecule has 1 aromatic carbocycles. The van der Waals surface area contributed by atoms with Gasteiger partial charge >= 0.3 is 0 Å². The first kappa shape index (κ1) is 13.9. The third-order valence-electron chi connectivity index (χ3n) is 3.10. The average molecular weight is 275 g/mol. The fraction of sp³-hybridized carbons (Fsp3) is 0.286. The van der Waals surface area contributed by atoms with Crippen molar-refractivity contribution in [2.75, 3.05) is 12.8 Å². The second-order valence-corrected chi connectivity index (χ2v) is 4.41. The molecule has 20 heavy (non-hydrogen) atoms. The molecule has 6 nitrogen and oxygen atoms in total. The van der Waals surface area contributed by atoms with Crippen LogP contribution in [0.2, 0.25) is 0 Å². The number of benzene rings is 1. The van der Waals surface area contributed by atoms with Crippen LogP contribution in [0, 0.1) is 13.8 Å². The number of para-hydroxylation sites is 1. The van der Waals surface area contributed by atoms with Crippen LogP contribution >= 0.6 is 0 Å². The van der Waals surface area contributed by atoms with E-state index in [0.29, 0.717) is 29.3 Å². The Labute approximate surface area is 116 Å². The SMILES string of the molecule is COc1c(N)cccc1C(=O)NCc1c(C)noc1C. The zero-order valence-electron chi connectivity index (χ0n) is 11.7. The Morgan fingerprint density at radius 3 is 2.80 bits per heavy atom. The van der Waals surface area contributed by atoms with E-state index in [9.17, 15) is 4.79 Å². The Kier molecular flexibility index (Phi) is 3.93. The van der Waals surface area contributed by atoms with E-state index >= 15 is 0 Å². The van der Waals surface area contributed by atoms with Crippen molar-refractivity contribution in [2.45, 2.75) is 20.4 Å². The van der Waals surface area contributed by atoms with Gasteiger partial charge in [0, 0.05) is 12.1 Å². The molecule has 6 heteroatoms. The fourth-order valence-electron chi connectivity index (χ4n) is 1.98. The van der Waals surface area contributed by atoms with E-state index < -0.39 is 0 Å². The van der Waals surface area contributed by atoms with Gasteiger partial charge in [0.15, 0.2) is 5.75 Å². The summed E-state index contributed by atoms with van der Waals surface area (Å²) >= 11 is 0. The predicted octanol–water partition coefficient (Wildman–Crippen LogP) is 1.81. The Morgan fingerprint density at radius 2 is 2.20 bits per heavy atom. The highest BCUT2D eigenvalue weighted by molar-refractivity contribution is 5.98. The number of anilines is 1. The molecule has 0 saturated carbocycles. The number of hydrogen-bond acceptors (Lipinski definition) is 5. The molecule has 0 fully saturated rings. The third kappa shape index (κ3) is 2.59. The molecule has 0 aliphatic rings. The highest BCUT2D eigenvalue weighted by Crippen LogP contribution is 2.25. The largest absolute Gasteiger partial charge is 0.494 e. The summed E-state index contributed by atoms with van der Waals surface area (Å²) in [6, 6.07) is 5.06. The van der Waals surface area contributed by atoms with Crippen molar-refractivity contribution in [3.05, 3.63) is 40.8 Å². The quantitative estimate of drug-likeness (QED) is 0.830. The maximum Gasteiger partial charge on any atom is 0.255 e. The van der Waals surface area contributed by atoms with Gasteiger partial charge in [0.05, 0.1) is 24.1 Å². The molecule has 2 rings (SSSR count). The number of aromatic nitrogens is 1. The molecular formula is C14H17N3O3.